The second-order valence-electron chi connectivity index (χ2n) is 8.78. The molecule has 4 atom stereocenters. The molecule has 0 bridgehead atoms. The molecule has 0 N–H and O–H groups in total. The molecule has 0 aromatic rings. The first-order chi connectivity index (χ1) is 13.2. The third-order valence-electron chi connectivity index (χ3n) is 6.91. The summed E-state index contributed by atoms with van der Waals surface area (Å²) in [6.45, 7) is 2.27. The molecule has 3 aliphatic carbocycles. The number of unbranched alkanes of at least 4 members (excludes halogenated alkanes) is 1. The Labute approximate surface area is 174 Å². The smallest absolute Gasteiger partial charge is 0.309 e. The number of aliphatic imine (C=N–C) groups is 1. The Balaban J connectivity index is 1.39. The van der Waals surface area contributed by atoms with Crippen molar-refractivity contribution in [2.75, 3.05) is 5.75 Å². The van der Waals surface area contributed by atoms with Gasteiger partial charge in [0.25, 0.3) is 0 Å². The van der Waals surface area contributed by atoms with Crippen molar-refractivity contribution in [2.45, 2.75) is 101 Å². The highest BCUT2D eigenvalue weighted by Gasteiger charge is 2.39. The first-order valence-electron chi connectivity index (χ1n) is 11.1. The molecule has 0 saturated heterocycles. The Morgan fingerprint density at radius 3 is 2.56 bits per heavy atom. The van der Waals surface area contributed by atoms with Gasteiger partial charge in [0.15, 0.2) is 0 Å². The minimum Gasteiger partial charge on any atom is -0.462 e. The molecule has 3 nitrogen and oxygen atoms in total. The van der Waals surface area contributed by atoms with E-state index in [0.717, 1.165) is 55.6 Å². The van der Waals surface area contributed by atoms with Crippen LogP contribution in [-0.4, -0.2) is 34.3 Å². The van der Waals surface area contributed by atoms with Crippen LogP contribution in [0.3, 0.4) is 0 Å². The summed E-state index contributed by atoms with van der Waals surface area (Å²) in [5.74, 6) is 3.16. The van der Waals surface area contributed by atoms with Crippen molar-refractivity contribution in [3.05, 3.63) is 0 Å². The van der Waals surface area contributed by atoms with E-state index in [1.165, 1.54) is 44.3 Å². The van der Waals surface area contributed by atoms with Crippen LogP contribution >= 0.6 is 24.0 Å². The van der Waals surface area contributed by atoms with Crippen LogP contribution in [0.15, 0.2) is 4.99 Å². The number of rotatable bonds is 7. The lowest BCUT2D eigenvalue weighted by Crippen LogP contribution is -2.36. The van der Waals surface area contributed by atoms with Gasteiger partial charge in [0, 0.05) is 5.25 Å². The van der Waals surface area contributed by atoms with E-state index in [-0.39, 0.29) is 18.0 Å². The predicted octanol–water partition coefficient (Wildman–Crippen LogP) is 6.06. The highest BCUT2D eigenvalue weighted by molar-refractivity contribution is 7.99. The topological polar surface area (TPSA) is 38.7 Å². The summed E-state index contributed by atoms with van der Waals surface area (Å²) >= 11 is 6.90. The molecule has 0 heterocycles. The number of hydrogen-bond donors (Lipinski definition) is 0. The number of hydrogen-bond acceptors (Lipinski definition) is 5. The van der Waals surface area contributed by atoms with Crippen LogP contribution in [0.25, 0.3) is 0 Å². The van der Waals surface area contributed by atoms with Gasteiger partial charge in [-0.25, -0.2) is 4.99 Å². The van der Waals surface area contributed by atoms with Gasteiger partial charge in [0.05, 0.1) is 17.1 Å². The van der Waals surface area contributed by atoms with E-state index in [9.17, 15) is 4.79 Å². The van der Waals surface area contributed by atoms with E-state index in [0.29, 0.717) is 6.04 Å². The molecule has 5 heteroatoms. The molecule has 0 spiro atoms. The maximum atomic E-state index is 12.7. The highest BCUT2D eigenvalue weighted by atomic mass is 32.2. The molecule has 3 fully saturated rings. The van der Waals surface area contributed by atoms with Crippen molar-refractivity contribution in [3.63, 3.8) is 0 Å². The van der Waals surface area contributed by atoms with E-state index >= 15 is 0 Å². The number of carbonyl (C=O) groups is 1. The Morgan fingerprint density at radius 2 is 1.81 bits per heavy atom. The first kappa shape index (κ1) is 21.3. The molecular formula is C22H35NO2S2. The van der Waals surface area contributed by atoms with Gasteiger partial charge in [-0.15, -0.1) is 0 Å². The highest BCUT2D eigenvalue weighted by Crippen LogP contribution is 2.46. The molecule has 0 radical (unpaired) electrons. The number of thiocarbonyl (C=S) groups is 1. The standard InChI is InChI=1S/C22H35NO2S2/c1-2-3-12-27-21-11-6-16-13-18(5-4-17(16)14-21)22(24)25-20-9-7-19(8-10-20)23-15-26/h16-21H,2-14H2,1H3. The number of ether oxygens (including phenoxy) is 1. The number of thioether (sulfide) groups is 1. The SMILES string of the molecule is CCCCSC1CCC2CC(C(=O)OC3CCC(N=C=S)CC3)CCC2C1. The van der Waals surface area contributed by atoms with Crippen molar-refractivity contribution in [1.82, 2.24) is 0 Å². The van der Waals surface area contributed by atoms with E-state index in [4.69, 9.17) is 17.0 Å². The summed E-state index contributed by atoms with van der Waals surface area (Å²) in [6.07, 6.45) is 13.9. The third kappa shape index (κ3) is 6.30. The number of nitrogens with zero attached hydrogens (tertiary/aromatic N) is 1. The van der Waals surface area contributed by atoms with Crippen LogP contribution in [0.5, 0.6) is 0 Å². The average Bonchev–Trinajstić information content (AvgIpc) is 2.69. The summed E-state index contributed by atoms with van der Waals surface area (Å²) in [4.78, 5) is 16.9. The number of carbonyl (C=O) groups excluding carboxylic acids is 1. The zero-order valence-electron chi connectivity index (χ0n) is 16.7. The second-order valence-corrected chi connectivity index (χ2v) is 10.4. The van der Waals surface area contributed by atoms with Gasteiger partial charge < -0.3 is 4.74 Å². The summed E-state index contributed by atoms with van der Waals surface area (Å²) < 4.78 is 5.89. The van der Waals surface area contributed by atoms with E-state index in [2.05, 4.69) is 28.8 Å². The molecule has 0 aromatic heterocycles. The van der Waals surface area contributed by atoms with Gasteiger partial charge in [0.1, 0.15) is 6.10 Å². The van der Waals surface area contributed by atoms with Crippen LogP contribution in [0.1, 0.15) is 84.0 Å². The zero-order valence-corrected chi connectivity index (χ0v) is 18.4. The minimum absolute atomic E-state index is 0.0784. The Bertz CT molecular complexity index is 526. The zero-order chi connectivity index (χ0) is 19.1. The molecule has 3 saturated carbocycles. The fourth-order valence-corrected chi connectivity index (χ4v) is 6.86. The molecule has 0 aromatic carbocycles. The fraction of sp³-hybridized carbons (Fsp3) is 0.909. The number of isothiocyanates is 1. The van der Waals surface area contributed by atoms with E-state index in [1.54, 1.807) is 0 Å². The van der Waals surface area contributed by atoms with Crippen LogP contribution < -0.4 is 0 Å². The molecule has 0 aliphatic heterocycles. The Hall–Kier alpha value is -0.380. The minimum atomic E-state index is 0.0784. The van der Waals surface area contributed by atoms with Crippen LogP contribution in [-0.2, 0) is 9.53 Å². The monoisotopic (exact) mass is 409 g/mol. The predicted molar refractivity (Wildman–Crippen MR) is 116 cm³/mol. The van der Waals surface area contributed by atoms with Crippen molar-refractivity contribution in [3.8, 4) is 0 Å². The lowest BCUT2D eigenvalue weighted by Gasteiger charge is -2.41. The molecule has 4 unspecified atom stereocenters. The maximum Gasteiger partial charge on any atom is 0.309 e. The van der Waals surface area contributed by atoms with E-state index < -0.39 is 0 Å². The third-order valence-corrected chi connectivity index (χ3v) is 8.44. The normalized spacial score (nSPS) is 36.3. The summed E-state index contributed by atoms with van der Waals surface area (Å²) in [5.41, 5.74) is 0. The summed E-state index contributed by atoms with van der Waals surface area (Å²) in [5, 5.41) is 3.35. The molecule has 3 aliphatic rings. The first-order valence-corrected chi connectivity index (χ1v) is 12.5. The van der Waals surface area contributed by atoms with Gasteiger partial charge in [-0.3, -0.25) is 4.79 Å². The van der Waals surface area contributed by atoms with Gasteiger partial charge in [-0.2, -0.15) is 11.8 Å². The van der Waals surface area contributed by atoms with Crippen molar-refractivity contribution < 1.29 is 9.53 Å². The van der Waals surface area contributed by atoms with Crippen molar-refractivity contribution in [2.24, 2.45) is 22.7 Å². The maximum absolute atomic E-state index is 12.7. The van der Waals surface area contributed by atoms with Crippen LogP contribution in [0, 0.1) is 17.8 Å². The molecular weight excluding hydrogens is 374 g/mol. The molecule has 0 amide bonds. The quantitative estimate of drug-likeness (QED) is 0.222. The fourth-order valence-electron chi connectivity index (χ4n) is 5.23. The molecule has 27 heavy (non-hydrogen) atoms. The number of fused-ring (bicyclic) bond motifs is 1. The van der Waals surface area contributed by atoms with Crippen LogP contribution in [0.2, 0.25) is 0 Å². The van der Waals surface area contributed by atoms with Gasteiger partial charge in [0.2, 0.25) is 0 Å². The number of esters is 1. The van der Waals surface area contributed by atoms with Crippen LogP contribution in [0.4, 0.5) is 0 Å². The lowest BCUT2D eigenvalue weighted by atomic mass is 9.67. The van der Waals surface area contributed by atoms with Crippen molar-refractivity contribution >= 4 is 35.1 Å². The van der Waals surface area contributed by atoms with Gasteiger partial charge in [-0.05, 0) is 100 Å². The largest absolute Gasteiger partial charge is 0.462 e. The molecule has 152 valence electrons. The Morgan fingerprint density at radius 1 is 1.07 bits per heavy atom. The van der Waals surface area contributed by atoms with Gasteiger partial charge >= 0.3 is 5.97 Å². The Kier molecular flexibility index (Phi) is 8.67. The average molecular weight is 410 g/mol. The van der Waals surface area contributed by atoms with Crippen molar-refractivity contribution in [1.29, 1.82) is 0 Å². The van der Waals surface area contributed by atoms with Gasteiger partial charge in [-0.1, -0.05) is 13.3 Å². The summed E-state index contributed by atoms with van der Waals surface area (Å²) in [6, 6.07) is 0.290. The lowest BCUT2D eigenvalue weighted by molar-refractivity contribution is -0.158. The van der Waals surface area contributed by atoms with E-state index in [1.807, 2.05) is 0 Å². The molecule has 3 rings (SSSR count). The second kappa shape index (κ2) is 11.0. The summed E-state index contributed by atoms with van der Waals surface area (Å²) in [7, 11) is 0.